The number of aryl methyl sites for hydroxylation is 1. The van der Waals surface area contributed by atoms with Crippen LogP contribution in [-0.4, -0.2) is 48.7 Å². The molecule has 0 fully saturated rings. The lowest BCUT2D eigenvalue weighted by molar-refractivity contribution is 0.0531. The zero-order chi connectivity index (χ0) is 19.7. The summed E-state index contributed by atoms with van der Waals surface area (Å²) in [6, 6.07) is -0.0600. The summed E-state index contributed by atoms with van der Waals surface area (Å²) in [5.74, 6) is 0.427. The zero-order valence-corrected chi connectivity index (χ0v) is 20.6. The maximum atomic E-state index is 12.0. The van der Waals surface area contributed by atoms with Crippen molar-refractivity contribution < 1.29 is 9.53 Å². The first-order chi connectivity index (χ1) is 12.2. The average Bonchev–Trinajstić information content (AvgIpc) is 2.93. The van der Waals surface area contributed by atoms with Crippen LogP contribution in [-0.2, 0) is 4.74 Å². The van der Waals surface area contributed by atoms with E-state index in [1.165, 1.54) is 11.3 Å². The number of aromatic nitrogens is 1. The van der Waals surface area contributed by atoms with Crippen molar-refractivity contribution in [2.75, 3.05) is 26.2 Å². The van der Waals surface area contributed by atoms with Crippen molar-refractivity contribution in [2.45, 2.75) is 60.0 Å². The Morgan fingerprint density at radius 1 is 1.33 bits per heavy atom. The van der Waals surface area contributed by atoms with E-state index in [0.717, 1.165) is 24.1 Å². The van der Waals surface area contributed by atoms with Crippen LogP contribution in [0.1, 0.15) is 68.0 Å². The van der Waals surface area contributed by atoms with Gasteiger partial charge in [0.2, 0.25) is 0 Å². The Bertz CT molecular complexity index is 613. The van der Waals surface area contributed by atoms with Crippen LogP contribution in [0.3, 0.4) is 0 Å². The van der Waals surface area contributed by atoms with Gasteiger partial charge in [0.15, 0.2) is 5.96 Å². The summed E-state index contributed by atoms with van der Waals surface area (Å²) < 4.78 is 5.08. The summed E-state index contributed by atoms with van der Waals surface area (Å²) >= 11 is 1.36. The zero-order valence-electron chi connectivity index (χ0n) is 17.4. The summed E-state index contributed by atoms with van der Waals surface area (Å²) in [5, 5.41) is 10.8. The number of thiazole rings is 1. The topological polar surface area (TPSA) is 87.6 Å². The molecule has 0 saturated heterocycles. The van der Waals surface area contributed by atoms with Crippen molar-refractivity contribution in [3.8, 4) is 0 Å². The molecule has 27 heavy (non-hydrogen) atoms. The van der Waals surface area contributed by atoms with Gasteiger partial charge in [0, 0.05) is 18.6 Å². The van der Waals surface area contributed by atoms with Gasteiger partial charge in [0.1, 0.15) is 9.88 Å². The Kier molecular flexibility index (Phi) is 12.1. The number of guanidine groups is 1. The fraction of sp³-hybridized carbons (Fsp3) is 0.722. The highest BCUT2D eigenvalue weighted by Gasteiger charge is 2.20. The van der Waals surface area contributed by atoms with Gasteiger partial charge in [-0.15, -0.1) is 35.3 Å². The molecule has 0 radical (unpaired) electrons. The van der Waals surface area contributed by atoms with Crippen molar-refractivity contribution in [2.24, 2.45) is 4.99 Å². The lowest BCUT2D eigenvalue weighted by atomic mass is 10.1. The number of aliphatic imine (C=N–C) groups is 1. The standard InChI is InChI=1S/C18H33N5O2S.HI/c1-8-19-17(20-10-11-21-18(5,6)7)23-13(4)15-22-12(3)14(26-15)16(24)25-9-2;/h13,21H,8-11H2,1-7H3,(H2,19,20,23);1H. The first-order valence-corrected chi connectivity index (χ1v) is 9.93. The second-order valence-corrected chi connectivity index (χ2v) is 8.02. The van der Waals surface area contributed by atoms with Crippen LogP contribution in [0.15, 0.2) is 4.99 Å². The molecule has 156 valence electrons. The fourth-order valence-corrected chi connectivity index (χ4v) is 3.14. The molecule has 0 aliphatic heterocycles. The molecule has 0 spiro atoms. The van der Waals surface area contributed by atoms with Gasteiger partial charge in [-0.05, 0) is 48.5 Å². The third-order valence-electron chi connectivity index (χ3n) is 3.38. The normalized spacial score (nSPS) is 12.9. The van der Waals surface area contributed by atoms with Crippen molar-refractivity contribution in [3.63, 3.8) is 0 Å². The number of ether oxygens (including phenoxy) is 1. The predicted octanol–water partition coefficient (Wildman–Crippen LogP) is 3.25. The highest BCUT2D eigenvalue weighted by Crippen LogP contribution is 2.24. The van der Waals surface area contributed by atoms with Gasteiger partial charge in [0.25, 0.3) is 0 Å². The monoisotopic (exact) mass is 511 g/mol. The van der Waals surface area contributed by atoms with Crippen LogP contribution in [0.4, 0.5) is 0 Å². The number of hydrogen-bond acceptors (Lipinski definition) is 6. The molecule has 3 N–H and O–H groups in total. The summed E-state index contributed by atoms with van der Waals surface area (Å²) in [7, 11) is 0. The highest BCUT2D eigenvalue weighted by atomic mass is 127. The number of carbonyl (C=O) groups excluding carboxylic acids is 1. The van der Waals surface area contributed by atoms with E-state index in [-0.39, 0.29) is 41.5 Å². The molecule has 7 nitrogen and oxygen atoms in total. The fourth-order valence-electron chi connectivity index (χ4n) is 2.17. The Balaban J connectivity index is 0.00000676. The molecule has 0 amide bonds. The number of nitrogens with zero attached hydrogens (tertiary/aromatic N) is 2. The highest BCUT2D eigenvalue weighted by molar-refractivity contribution is 14.0. The quantitative estimate of drug-likeness (QED) is 0.163. The SMILES string of the molecule is CCNC(=NCCNC(C)(C)C)NC(C)c1nc(C)c(C(=O)OCC)s1.I. The summed E-state index contributed by atoms with van der Waals surface area (Å²) in [5.41, 5.74) is 0.782. The molecule has 0 aliphatic rings. The van der Waals surface area contributed by atoms with Gasteiger partial charge in [-0.3, -0.25) is 4.99 Å². The molecule has 1 aromatic rings. The van der Waals surface area contributed by atoms with Crippen LogP contribution < -0.4 is 16.0 Å². The van der Waals surface area contributed by atoms with E-state index in [1.807, 2.05) is 20.8 Å². The van der Waals surface area contributed by atoms with Crippen LogP contribution in [0, 0.1) is 6.92 Å². The third kappa shape index (κ3) is 9.70. The number of hydrogen-bond donors (Lipinski definition) is 3. The minimum absolute atomic E-state index is 0. The molecule has 1 atom stereocenters. The van der Waals surface area contributed by atoms with E-state index in [2.05, 4.69) is 46.7 Å². The first kappa shape index (κ1) is 26.1. The van der Waals surface area contributed by atoms with Gasteiger partial charge in [0.05, 0.1) is 24.9 Å². The van der Waals surface area contributed by atoms with Gasteiger partial charge in [-0.2, -0.15) is 0 Å². The first-order valence-electron chi connectivity index (χ1n) is 9.12. The minimum atomic E-state index is -0.310. The van der Waals surface area contributed by atoms with Gasteiger partial charge in [-0.25, -0.2) is 9.78 Å². The van der Waals surface area contributed by atoms with Crippen LogP contribution in [0.2, 0.25) is 0 Å². The number of carbonyl (C=O) groups is 1. The Hall–Kier alpha value is -0.940. The van der Waals surface area contributed by atoms with E-state index in [1.54, 1.807) is 6.92 Å². The molecule has 1 unspecified atom stereocenters. The van der Waals surface area contributed by atoms with Crippen LogP contribution in [0.25, 0.3) is 0 Å². The number of esters is 1. The van der Waals surface area contributed by atoms with Crippen molar-refractivity contribution in [3.05, 3.63) is 15.6 Å². The van der Waals surface area contributed by atoms with Crippen LogP contribution >= 0.6 is 35.3 Å². The molecule has 1 heterocycles. The van der Waals surface area contributed by atoms with Gasteiger partial charge >= 0.3 is 5.97 Å². The van der Waals surface area contributed by atoms with Crippen molar-refractivity contribution in [1.82, 2.24) is 20.9 Å². The molecule has 0 saturated carbocycles. The second kappa shape index (κ2) is 12.5. The Morgan fingerprint density at radius 2 is 2.00 bits per heavy atom. The molecule has 0 aliphatic carbocycles. The molecular weight excluding hydrogens is 477 g/mol. The van der Waals surface area contributed by atoms with E-state index in [9.17, 15) is 4.79 Å². The van der Waals surface area contributed by atoms with Crippen molar-refractivity contribution in [1.29, 1.82) is 0 Å². The smallest absolute Gasteiger partial charge is 0.350 e. The van der Waals surface area contributed by atoms with E-state index in [4.69, 9.17) is 4.74 Å². The minimum Gasteiger partial charge on any atom is -0.462 e. The predicted molar refractivity (Wildman–Crippen MR) is 124 cm³/mol. The number of rotatable bonds is 8. The molecule has 1 aromatic heterocycles. The molecule has 0 aromatic carbocycles. The van der Waals surface area contributed by atoms with Gasteiger partial charge < -0.3 is 20.7 Å². The second-order valence-electron chi connectivity index (χ2n) is 6.99. The molecular formula is C18H34IN5O2S. The average molecular weight is 511 g/mol. The van der Waals surface area contributed by atoms with Crippen molar-refractivity contribution >= 4 is 47.2 Å². The maximum absolute atomic E-state index is 12.0. The molecule has 0 bridgehead atoms. The largest absolute Gasteiger partial charge is 0.462 e. The van der Waals surface area contributed by atoms with E-state index < -0.39 is 0 Å². The Labute approximate surface area is 184 Å². The summed E-state index contributed by atoms with van der Waals surface area (Å²) in [6.07, 6.45) is 0. The van der Waals surface area contributed by atoms with Gasteiger partial charge in [-0.1, -0.05) is 0 Å². The summed E-state index contributed by atoms with van der Waals surface area (Å²) in [4.78, 5) is 21.6. The lowest BCUT2D eigenvalue weighted by Crippen LogP contribution is -2.40. The molecule has 9 heteroatoms. The maximum Gasteiger partial charge on any atom is 0.350 e. The van der Waals surface area contributed by atoms with E-state index >= 15 is 0 Å². The Morgan fingerprint density at radius 3 is 2.56 bits per heavy atom. The summed E-state index contributed by atoms with van der Waals surface area (Å²) in [6.45, 7) is 16.7. The lowest BCUT2D eigenvalue weighted by Gasteiger charge is -2.20. The molecule has 1 rings (SSSR count). The van der Waals surface area contributed by atoms with Crippen LogP contribution in [0.5, 0.6) is 0 Å². The van der Waals surface area contributed by atoms with E-state index in [0.29, 0.717) is 23.7 Å². The third-order valence-corrected chi connectivity index (χ3v) is 4.70. The number of nitrogens with one attached hydrogen (secondary N) is 3. The number of halogens is 1.